The molecule has 0 bridgehead atoms. The van der Waals surface area contributed by atoms with Crippen LogP contribution in [0.2, 0.25) is 0 Å². The maximum Gasteiger partial charge on any atom is 0.422 e. The second-order valence-electron chi connectivity index (χ2n) is 9.63. The lowest BCUT2D eigenvalue weighted by Gasteiger charge is -2.34. The van der Waals surface area contributed by atoms with Crippen LogP contribution in [-0.2, 0) is 14.8 Å². The number of halogens is 1. The molecule has 2 aliphatic rings. The molecule has 1 amide bonds. The van der Waals surface area contributed by atoms with Gasteiger partial charge in [0.1, 0.15) is 18.1 Å². The normalized spacial score (nSPS) is 25.2. The zero-order valence-corrected chi connectivity index (χ0v) is 18.8. The molecule has 8 nitrogen and oxygen atoms in total. The second kappa shape index (κ2) is 8.84. The van der Waals surface area contributed by atoms with Gasteiger partial charge >= 0.3 is 6.09 Å². The van der Waals surface area contributed by atoms with Crippen LogP contribution in [0.5, 0.6) is 0 Å². The van der Waals surface area contributed by atoms with E-state index < -0.39 is 28.0 Å². The lowest BCUT2D eigenvalue weighted by atomic mass is 9.88. The first-order valence-electron chi connectivity index (χ1n) is 10.4. The number of carbonyl (C=O) groups excluding carboxylic acids is 1. The number of carbonyl (C=O) groups is 2. The van der Waals surface area contributed by atoms with E-state index in [1.807, 2.05) is 20.8 Å². The molecule has 0 aromatic heterocycles. The van der Waals surface area contributed by atoms with Crippen LogP contribution in [0.15, 0.2) is 29.2 Å². The fraction of sp³-hybridized carbons (Fsp3) is 0.619. The van der Waals surface area contributed by atoms with Crippen LogP contribution in [-0.4, -0.2) is 60.4 Å². The highest BCUT2D eigenvalue weighted by Crippen LogP contribution is 2.40. The maximum absolute atomic E-state index is 13.2. The maximum atomic E-state index is 13.2. The summed E-state index contributed by atoms with van der Waals surface area (Å²) >= 11 is 0. The second-order valence-corrected chi connectivity index (χ2v) is 11.6. The lowest BCUT2D eigenvalue weighted by Crippen LogP contribution is -2.55. The van der Waals surface area contributed by atoms with E-state index in [2.05, 4.69) is 5.43 Å². The van der Waals surface area contributed by atoms with Gasteiger partial charge in [-0.1, -0.05) is 20.8 Å². The minimum Gasteiger partial charge on any atom is -0.464 e. The topological polar surface area (TPSA) is 107 Å². The Bertz CT molecular complexity index is 916. The standard InChI is InChI=1S/C21H30FN3O5S/c1-21(2,3)10-16(13-26)25(20(27)28)23-19-9-4-14-11-24(12-18(14)19)31(29,30)17-7-5-15(22)6-8-17/h5-8,13-14,16,18-19,23H,4,9-12H2,1-3H3,(H,27,28)/t14-,16+,18+,19+/m1/s1. The first-order chi connectivity index (χ1) is 14.4. The molecule has 31 heavy (non-hydrogen) atoms. The Hall–Kier alpha value is -2.04. The summed E-state index contributed by atoms with van der Waals surface area (Å²) in [5.74, 6) is -0.477. The van der Waals surface area contributed by atoms with Gasteiger partial charge in [-0.05, 0) is 60.8 Å². The average Bonchev–Trinajstić information content (AvgIpc) is 3.25. The number of hydrogen-bond donors (Lipinski definition) is 2. The number of hydrogen-bond acceptors (Lipinski definition) is 5. The molecule has 1 heterocycles. The number of nitrogens with one attached hydrogen (secondary N) is 1. The fourth-order valence-electron chi connectivity index (χ4n) is 4.64. The number of nitrogens with zero attached hydrogens (tertiary/aromatic N) is 2. The molecule has 2 fully saturated rings. The number of rotatable bonds is 7. The Morgan fingerprint density at radius 3 is 2.48 bits per heavy atom. The summed E-state index contributed by atoms with van der Waals surface area (Å²) in [6.07, 6.45) is 1.22. The summed E-state index contributed by atoms with van der Waals surface area (Å²) in [5, 5.41) is 10.7. The molecule has 10 heteroatoms. The molecule has 172 valence electrons. The highest BCUT2D eigenvalue weighted by molar-refractivity contribution is 7.89. The molecular formula is C21H30FN3O5S. The largest absolute Gasteiger partial charge is 0.464 e. The molecule has 1 aromatic rings. The van der Waals surface area contributed by atoms with Gasteiger partial charge < -0.3 is 9.90 Å². The van der Waals surface area contributed by atoms with Crippen LogP contribution in [0.25, 0.3) is 0 Å². The molecule has 0 unspecified atom stereocenters. The fourth-order valence-corrected chi connectivity index (χ4v) is 6.17. The van der Waals surface area contributed by atoms with E-state index in [1.54, 1.807) is 0 Å². The van der Waals surface area contributed by atoms with Gasteiger partial charge in [0.25, 0.3) is 0 Å². The summed E-state index contributed by atoms with van der Waals surface area (Å²) in [7, 11) is -3.76. The smallest absolute Gasteiger partial charge is 0.422 e. The van der Waals surface area contributed by atoms with Gasteiger partial charge in [0.05, 0.1) is 4.90 Å². The van der Waals surface area contributed by atoms with E-state index in [1.165, 1.54) is 16.4 Å². The monoisotopic (exact) mass is 455 g/mol. The third-order valence-corrected chi connectivity index (χ3v) is 7.94. The summed E-state index contributed by atoms with van der Waals surface area (Å²) in [6, 6.07) is 3.65. The molecule has 3 rings (SSSR count). The minimum absolute atomic E-state index is 0.0386. The van der Waals surface area contributed by atoms with E-state index in [0.717, 1.165) is 23.6 Å². The average molecular weight is 456 g/mol. The van der Waals surface area contributed by atoms with E-state index in [0.29, 0.717) is 25.7 Å². The van der Waals surface area contributed by atoms with Gasteiger partial charge in [-0.25, -0.2) is 28.0 Å². The van der Waals surface area contributed by atoms with Crippen molar-refractivity contribution in [2.75, 3.05) is 13.1 Å². The van der Waals surface area contributed by atoms with E-state index in [4.69, 9.17) is 0 Å². The van der Waals surface area contributed by atoms with Crippen LogP contribution in [0, 0.1) is 23.1 Å². The Labute approximate surface area is 182 Å². The van der Waals surface area contributed by atoms with Crippen LogP contribution >= 0.6 is 0 Å². The van der Waals surface area contributed by atoms with Crippen molar-refractivity contribution >= 4 is 22.4 Å². The molecule has 2 N–H and O–H groups in total. The molecule has 1 aliphatic carbocycles. The van der Waals surface area contributed by atoms with Crippen molar-refractivity contribution in [2.24, 2.45) is 17.3 Å². The predicted octanol–water partition coefficient (Wildman–Crippen LogP) is 2.71. The number of benzene rings is 1. The first-order valence-corrected chi connectivity index (χ1v) is 11.9. The van der Waals surface area contributed by atoms with E-state index >= 15 is 0 Å². The molecule has 4 atom stereocenters. The van der Waals surface area contributed by atoms with E-state index in [-0.39, 0.29) is 34.7 Å². The first kappa shape index (κ1) is 23.6. The number of fused-ring (bicyclic) bond motifs is 1. The van der Waals surface area contributed by atoms with Crippen molar-refractivity contribution in [3.63, 3.8) is 0 Å². The summed E-state index contributed by atoms with van der Waals surface area (Å²) in [6.45, 7) is 6.40. The van der Waals surface area contributed by atoms with Gasteiger partial charge in [-0.2, -0.15) is 4.31 Å². The van der Waals surface area contributed by atoms with Gasteiger partial charge in [-0.3, -0.25) is 0 Å². The van der Waals surface area contributed by atoms with Crippen molar-refractivity contribution in [3.8, 4) is 0 Å². The predicted molar refractivity (Wildman–Crippen MR) is 112 cm³/mol. The molecule has 0 spiro atoms. The van der Waals surface area contributed by atoms with Crippen LogP contribution in [0.3, 0.4) is 0 Å². The zero-order valence-electron chi connectivity index (χ0n) is 18.0. The van der Waals surface area contributed by atoms with E-state index in [9.17, 15) is 27.5 Å². The number of sulfonamides is 1. The lowest BCUT2D eigenvalue weighted by molar-refractivity contribution is -0.114. The molecule has 1 aromatic carbocycles. The van der Waals surface area contributed by atoms with Gasteiger partial charge in [0, 0.05) is 19.1 Å². The van der Waals surface area contributed by atoms with Crippen molar-refractivity contribution in [3.05, 3.63) is 30.1 Å². The van der Waals surface area contributed by atoms with Gasteiger partial charge in [0.2, 0.25) is 10.0 Å². The Morgan fingerprint density at radius 1 is 1.29 bits per heavy atom. The Morgan fingerprint density at radius 2 is 1.94 bits per heavy atom. The summed E-state index contributed by atoms with van der Waals surface area (Å²) in [5.41, 5.74) is 2.77. The summed E-state index contributed by atoms with van der Waals surface area (Å²) in [4.78, 5) is 23.5. The molecule has 1 saturated carbocycles. The SMILES string of the molecule is CC(C)(C)C[C@@H](C=O)N(N[C@H]1CC[C@@H]2CN(S(=O)(=O)c3ccc(F)cc3)C[C@@H]21)C(=O)O. The minimum atomic E-state index is -3.76. The number of amides is 1. The van der Waals surface area contributed by atoms with Crippen molar-refractivity contribution < 1.29 is 27.5 Å². The molecule has 0 radical (unpaired) electrons. The number of carboxylic acid groups (broad SMARTS) is 1. The van der Waals surface area contributed by atoms with Crippen LogP contribution in [0.1, 0.15) is 40.0 Å². The summed E-state index contributed by atoms with van der Waals surface area (Å²) < 4.78 is 40.5. The highest BCUT2D eigenvalue weighted by atomic mass is 32.2. The van der Waals surface area contributed by atoms with Gasteiger partial charge in [0.15, 0.2) is 0 Å². The number of hydrazine groups is 1. The zero-order chi connectivity index (χ0) is 23.0. The third-order valence-electron chi connectivity index (χ3n) is 6.10. The number of aldehydes is 1. The highest BCUT2D eigenvalue weighted by Gasteiger charge is 2.47. The van der Waals surface area contributed by atoms with Gasteiger partial charge in [-0.15, -0.1) is 0 Å². The third kappa shape index (κ3) is 5.24. The Kier molecular flexibility index (Phi) is 6.73. The van der Waals surface area contributed by atoms with Crippen molar-refractivity contribution in [1.29, 1.82) is 0 Å². The quantitative estimate of drug-likeness (QED) is 0.484. The van der Waals surface area contributed by atoms with Crippen LogP contribution in [0.4, 0.5) is 9.18 Å². The molecule has 1 saturated heterocycles. The Balaban J connectivity index is 1.73. The van der Waals surface area contributed by atoms with Crippen molar-refractivity contribution in [1.82, 2.24) is 14.7 Å². The molecular weight excluding hydrogens is 425 g/mol. The van der Waals surface area contributed by atoms with Crippen LogP contribution < -0.4 is 5.43 Å². The van der Waals surface area contributed by atoms with Crippen molar-refractivity contribution in [2.45, 2.75) is 57.0 Å². The molecule has 1 aliphatic heterocycles.